The van der Waals surface area contributed by atoms with Gasteiger partial charge in [-0.15, -0.1) is 0 Å². The number of fused-ring (bicyclic) bond motifs is 1. The van der Waals surface area contributed by atoms with Crippen molar-refractivity contribution in [3.63, 3.8) is 0 Å². The highest BCUT2D eigenvalue weighted by Gasteiger charge is 2.60. The van der Waals surface area contributed by atoms with Crippen LogP contribution in [-0.4, -0.2) is 34.7 Å². The maximum Gasteiger partial charge on any atom is 0.238 e. The van der Waals surface area contributed by atoms with E-state index < -0.39 is 11.8 Å². The number of β-lactam (4-membered cyclic amide) rings is 1. The molecule has 2 aromatic rings. The van der Waals surface area contributed by atoms with Gasteiger partial charge in [-0.2, -0.15) is 0 Å². The van der Waals surface area contributed by atoms with Crippen LogP contribution in [0.2, 0.25) is 0 Å². The third-order valence-corrected chi connectivity index (χ3v) is 8.55. The average Bonchev–Trinajstić information content (AvgIpc) is 3.18. The first kappa shape index (κ1) is 23.0. The molecule has 0 aromatic heterocycles. The lowest BCUT2D eigenvalue weighted by Gasteiger charge is -2.54. The minimum atomic E-state index is -0.488. The zero-order valence-corrected chi connectivity index (χ0v) is 20.4. The molecule has 0 spiro atoms. The van der Waals surface area contributed by atoms with Crippen molar-refractivity contribution in [2.75, 3.05) is 4.90 Å². The number of benzene rings is 2. The number of carbonyl (C=O) groups excluding carboxylic acids is 3. The Hall–Kier alpha value is -3.47. The number of hydrogen-bond donors (Lipinski definition) is 0. The third kappa shape index (κ3) is 3.82. The van der Waals surface area contributed by atoms with Gasteiger partial charge < -0.3 is 4.90 Å². The van der Waals surface area contributed by atoms with E-state index in [1.54, 1.807) is 12.1 Å². The monoisotopic (exact) mass is 480 g/mol. The molecule has 2 heterocycles. The van der Waals surface area contributed by atoms with Crippen LogP contribution in [0.15, 0.2) is 78.9 Å². The number of amides is 3. The van der Waals surface area contributed by atoms with E-state index in [2.05, 4.69) is 29.2 Å². The number of para-hydroxylation sites is 1. The highest BCUT2D eigenvalue weighted by molar-refractivity contribution is 6.22. The molecule has 3 amide bonds. The molecular weight excluding hydrogens is 448 g/mol. The predicted octanol–water partition coefficient (Wildman–Crippen LogP) is 5.24. The fourth-order valence-electron chi connectivity index (χ4n) is 6.82. The van der Waals surface area contributed by atoms with E-state index in [-0.39, 0.29) is 41.6 Å². The van der Waals surface area contributed by atoms with Gasteiger partial charge in [-0.25, -0.2) is 0 Å². The van der Waals surface area contributed by atoms with Crippen LogP contribution in [0.3, 0.4) is 0 Å². The molecule has 2 aliphatic heterocycles. The first-order chi connectivity index (χ1) is 17.6. The molecule has 2 saturated heterocycles. The van der Waals surface area contributed by atoms with Crippen LogP contribution in [0, 0.1) is 23.7 Å². The number of hydrogen-bond acceptors (Lipinski definition) is 3. The van der Waals surface area contributed by atoms with Gasteiger partial charge in [-0.05, 0) is 37.0 Å². The Bertz CT molecular complexity index is 1200. The Labute approximate surface area is 212 Å². The maximum atomic E-state index is 13.8. The second-order valence-corrected chi connectivity index (χ2v) is 10.5. The van der Waals surface area contributed by atoms with Crippen LogP contribution in [0.4, 0.5) is 5.69 Å². The second-order valence-electron chi connectivity index (χ2n) is 10.5. The summed E-state index contributed by atoms with van der Waals surface area (Å²) in [7, 11) is 0. The van der Waals surface area contributed by atoms with Crippen molar-refractivity contribution in [3.05, 3.63) is 84.5 Å². The normalized spacial score (nSPS) is 30.7. The molecule has 2 aliphatic carbocycles. The molecular formula is C31H32N2O3. The van der Waals surface area contributed by atoms with Crippen molar-refractivity contribution in [3.8, 4) is 0 Å². The van der Waals surface area contributed by atoms with Crippen molar-refractivity contribution >= 4 is 29.5 Å². The number of nitrogens with zero attached hydrogens (tertiary/aromatic N) is 2. The SMILES string of the molecule is O=C1[C@H]2[C@@H]([C@@H]3C(=O)N(C4CCCCC4)[C@@H]3/C=C/c3ccccc3)C=CC[C@H]2C(=O)N1c1ccccc1. The lowest BCUT2D eigenvalue weighted by Crippen LogP contribution is -2.66. The molecule has 0 N–H and O–H groups in total. The molecule has 0 unspecified atom stereocenters. The van der Waals surface area contributed by atoms with E-state index in [0.29, 0.717) is 12.1 Å². The topological polar surface area (TPSA) is 57.7 Å². The number of likely N-dealkylation sites (tertiary alicyclic amines) is 1. The largest absolute Gasteiger partial charge is 0.332 e. The molecule has 184 valence electrons. The fourth-order valence-corrected chi connectivity index (χ4v) is 6.82. The molecule has 5 nitrogen and oxygen atoms in total. The minimum Gasteiger partial charge on any atom is -0.332 e. The van der Waals surface area contributed by atoms with Crippen LogP contribution < -0.4 is 4.90 Å². The Kier molecular flexibility index (Phi) is 6.08. The highest BCUT2D eigenvalue weighted by Crippen LogP contribution is 2.49. The minimum absolute atomic E-state index is 0.0668. The Balaban J connectivity index is 1.32. The Morgan fingerprint density at radius 1 is 0.750 bits per heavy atom. The molecule has 36 heavy (non-hydrogen) atoms. The first-order valence-corrected chi connectivity index (χ1v) is 13.3. The molecule has 2 aromatic carbocycles. The zero-order chi connectivity index (χ0) is 24.6. The smallest absolute Gasteiger partial charge is 0.238 e. The van der Waals surface area contributed by atoms with Gasteiger partial charge in [0.1, 0.15) is 0 Å². The van der Waals surface area contributed by atoms with Crippen molar-refractivity contribution in [2.45, 2.75) is 50.6 Å². The summed E-state index contributed by atoms with van der Waals surface area (Å²) in [4.78, 5) is 44.3. The van der Waals surface area contributed by atoms with Gasteiger partial charge >= 0.3 is 0 Å². The standard InChI is InChI=1S/C31H32N2O3/c34-29-25-18-10-17-24(27(25)30(35)33(29)23-15-8-3-9-16-23)28-26(20-19-21-11-4-1-5-12-21)32(31(28)36)22-13-6-2-7-14-22/h1,3-5,8-12,15-17,19-20,22,24-28H,2,6-7,13-14,18H2/b20-19+/t24-,25+,26+,27-,28-/m0/s1. The number of rotatable bonds is 5. The van der Waals surface area contributed by atoms with E-state index in [4.69, 9.17) is 0 Å². The molecule has 5 heteroatoms. The van der Waals surface area contributed by atoms with Gasteiger partial charge in [0.2, 0.25) is 17.7 Å². The van der Waals surface area contributed by atoms with Gasteiger partial charge in [0.25, 0.3) is 0 Å². The maximum absolute atomic E-state index is 13.8. The second kappa shape index (κ2) is 9.53. The van der Waals surface area contributed by atoms with Gasteiger partial charge in [-0.3, -0.25) is 19.3 Å². The lowest BCUT2D eigenvalue weighted by molar-refractivity contribution is -0.163. The van der Waals surface area contributed by atoms with Gasteiger partial charge in [0, 0.05) is 12.0 Å². The summed E-state index contributed by atoms with van der Waals surface area (Å²) in [5.41, 5.74) is 1.71. The number of imide groups is 1. The summed E-state index contributed by atoms with van der Waals surface area (Å²) in [5, 5.41) is 0. The molecule has 3 fully saturated rings. The van der Waals surface area contributed by atoms with Crippen LogP contribution >= 0.6 is 0 Å². The summed E-state index contributed by atoms with van der Waals surface area (Å²) >= 11 is 0. The van der Waals surface area contributed by atoms with Crippen LogP contribution in [0.25, 0.3) is 6.08 Å². The zero-order valence-electron chi connectivity index (χ0n) is 20.4. The molecule has 6 rings (SSSR count). The first-order valence-electron chi connectivity index (χ1n) is 13.3. The van der Waals surface area contributed by atoms with Gasteiger partial charge in [0.05, 0.1) is 29.5 Å². The fraction of sp³-hybridized carbons (Fsp3) is 0.387. The van der Waals surface area contributed by atoms with Gasteiger partial charge in [0.15, 0.2) is 0 Å². The number of carbonyl (C=O) groups is 3. The summed E-state index contributed by atoms with van der Waals surface area (Å²) in [5.74, 6) is -1.65. The molecule has 1 saturated carbocycles. The van der Waals surface area contributed by atoms with E-state index >= 15 is 0 Å². The summed E-state index contributed by atoms with van der Waals surface area (Å²) in [6.45, 7) is 0. The van der Waals surface area contributed by atoms with Crippen molar-refractivity contribution in [1.82, 2.24) is 4.90 Å². The summed E-state index contributed by atoms with van der Waals surface area (Å²) in [6.07, 6.45) is 14.5. The highest BCUT2D eigenvalue weighted by atomic mass is 16.2. The van der Waals surface area contributed by atoms with Crippen LogP contribution in [0.1, 0.15) is 44.1 Å². The number of allylic oxidation sites excluding steroid dienone is 2. The Morgan fingerprint density at radius 2 is 1.44 bits per heavy atom. The Morgan fingerprint density at radius 3 is 2.17 bits per heavy atom. The van der Waals surface area contributed by atoms with Crippen molar-refractivity contribution in [2.24, 2.45) is 23.7 Å². The molecule has 0 bridgehead atoms. The van der Waals surface area contributed by atoms with Gasteiger partial charge in [-0.1, -0.05) is 92.1 Å². The molecule has 5 atom stereocenters. The third-order valence-electron chi connectivity index (χ3n) is 8.55. The van der Waals surface area contributed by atoms with Crippen molar-refractivity contribution in [1.29, 1.82) is 0 Å². The van der Waals surface area contributed by atoms with Crippen LogP contribution in [0.5, 0.6) is 0 Å². The number of anilines is 1. The van der Waals surface area contributed by atoms with Crippen molar-refractivity contribution < 1.29 is 14.4 Å². The van der Waals surface area contributed by atoms with E-state index in [0.717, 1.165) is 31.2 Å². The molecule has 4 aliphatic rings. The molecule has 0 radical (unpaired) electrons. The lowest BCUT2D eigenvalue weighted by atomic mass is 9.65. The van der Waals surface area contributed by atoms with E-state index in [1.165, 1.54) is 11.3 Å². The quantitative estimate of drug-likeness (QED) is 0.334. The predicted molar refractivity (Wildman–Crippen MR) is 140 cm³/mol. The summed E-state index contributed by atoms with van der Waals surface area (Å²) in [6, 6.07) is 19.5. The van der Waals surface area contributed by atoms with E-state index in [1.807, 2.05) is 48.6 Å². The van der Waals surface area contributed by atoms with E-state index in [9.17, 15) is 14.4 Å². The summed E-state index contributed by atoms with van der Waals surface area (Å²) < 4.78 is 0. The average molecular weight is 481 g/mol. The van der Waals surface area contributed by atoms with Crippen LogP contribution in [-0.2, 0) is 14.4 Å².